The molecule has 2 N–H and O–H groups in total. The first-order valence-corrected chi connectivity index (χ1v) is 8.77. The summed E-state index contributed by atoms with van der Waals surface area (Å²) in [5.74, 6) is -2.15. The molecule has 2 rings (SSSR count). The number of hydrogen-bond acceptors (Lipinski definition) is 1. The molecule has 0 saturated carbocycles. The number of nitrogens with two attached hydrogens (primary N) is 1. The Balaban J connectivity index is 2.48. The van der Waals surface area contributed by atoms with E-state index in [4.69, 9.17) is 40.5 Å². The molecule has 28 heavy (non-hydrogen) atoms. The molecule has 0 amide bonds. The molecule has 0 spiro atoms. The maximum absolute atomic E-state index is 13.5. The van der Waals surface area contributed by atoms with Crippen molar-refractivity contribution in [2.75, 3.05) is 0 Å². The summed E-state index contributed by atoms with van der Waals surface area (Å²) in [6.45, 7) is -0.355. The molecule has 1 unspecified atom stereocenters. The van der Waals surface area contributed by atoms with E-state index >= 15 is 0 Å². The smallest absolute Gasteiger partial charge is 0.326 e. The number of hydrogen-bond donors (Lipinski definition) is 1. The van der Waals surface area contributed by atoms with Gasteiger partial charge >= 0.3 is 12.4 Å². The van der Waals surface area contributed by atoms with E-state index in [1.54, 1.807) is 0 Å². The highest BCUT2D eigenvalue weighted by Crippen LogP contribution is 2.41. The lowest BCUT2D eigenvalue weighted by Crippen LogP contribution is -2.19. The number of halogens is 9. The fourth-order valence-corrected chi connectivity index (χ4v) is 3.12. The van der Waals surface area contributed by atoms with Gasteiger partial charge in [0.05, 0.1) is 26.5 Å². The Morgan fingerprint density at radius 3 is 1.96 bits per heavy atom. The van der Waals surface area contributed by atoms with Crippen LogP contribution in [0.15, 0.2) is 36.4 Å². The van der Waals surface area contributed by atoms with Crippen LogP contribution in [0.3, 0.4) is 0 Å². The molecule has 0 saturated heterocycles. The highest BCUT2D eigenvalue weighted by molar-refractivity contribution is 6.48. The molecule has 1 atom stereocenters. The molecule has 152 valence electrons. The van der Waals surface area contributed by atoms with Gasteiger partial charge in [-0.1, -0.05) is 59.1 Å². The van der Waals surface area contributed by atoms with Crippen molar-refractivity contribution in [3.05, 3.63) is 73.7 Å². The third kappa shape index (κ3) is 5.35. The minimum absolute atomic E-state index is 0.0649. The molecule has 0 aliphatic carbocycles. The van der Waals surface area contributed by atoms with Gasteiger partial charge in [-0.05, 0) is 34.9 Å². The summed E-state index contributed by atoms with van der Waals surface area (Å²) in [4.78, 5) is 0. The number of rotatable bonds is 4. The summed E-state index contributed by atoms with van der Waals surface area (Å²) in [7, 11) is 0. The molecular weight excluding hydrogens is 451 g/mol. The highest BCUT2D eigenvalue weighted by atomic mass is 35.5. The second kappa shape index (κ2) is 8.53. The fourth-order valence-electron chi connectivity index (χ4n) is 2.51. The Kier molecular flexibility index (Phi) is 6.97. The zero-order valence-corrected chi connectivity index (χ0v) is 16.1. The Hall–Kier alpha value is -1.41. The first kappa shape index (κ1) is 22.9. The molecule has 2 aromatic rings. The topological polar surface area (TPSA) is 26.0 Å². The average Bonchev–Trinajstić information content (AvgIpc) is 2.57. The van der Waals surface area contributed by atoms with E-state index in [0.29, 0.717) is 0 Å². The van der Waals surface area contributed by atoms with Crippen molar-refractivity contribution in [1.29, 1.82) is 0 Å². The third-order valence-electron chi connectivity index (χ3n) is 3.86. The van der Waals surface area contributed by atoms with Gasteiger partial charge in [-0.2, -0.15) is 26.3 Å². The van der Waals surface area contributed by atoms with Crippen molar-refractivity contribution in [3.8, 4) is 0 Å². The van der Waals surface area contributed by atoms with Gasteiger partial charge in [0.2, 0.25) is 0 Å². The van der Waals surface area contributed by atoms with E-state index in [1.165, 1.54) is 6.07 Å². The second-order valence-corrected chi connectivity index (χ2v) is 6.99. The second-order valence-electron chi connectivity index (χ2n) is 5.80. The average molecular weight is 463 g/mol. The van der Waals surface area contributed by atoms with E-state index in [0.717, 1.165) is 36.4 Å². The summed E-state index contributed by atoms with van der Waals surface area (Å²) in [6.07, 6.45) is -7.74. The van der Waals surface area contributed by atoms with Gasteiger partial charge in [0, 0.05) is 6.54 Å². The van der Waals surface area contributed by atoms with Crippen molar-refractivity contribution < 1.29 is 26.3 Å². The zero-order valence-electron chi connectivity index (χ0n) is 13.8. The molecule has 0 aliphatic heterocycles. The van der Waals surface area contributed by atoms with Crippen LogP contribution in [0.25, 0.3) is 6.08 Å². The van der Waals surface area contributed by atoms with Crippen molar-refractivity contribution in [3.63, 3.8) is 0 Å². The zero-order chi connectivity index (χ0) is 21.3. The molecule has 0 radical (unpaired) electrons. The van der Waals surface area contributed by atoms with Crippen molar-refractivity contribution in [2.45, 2.75) is 24.8 Å². The maximum atomic E-state index is 13.5. The van der Waals surface area contributed by atoms with Gasteiger partial charge in [-0.25, -0.2) is 0 Å². The number of alkyl halides is 6. The van der Waals surface area contributed by atoms with Gasteiger partial charge in [-0.15, -0.1) is 0 Å². The quantitative estimate of drug-likeness (QED) is 0.370. The van der Waals surface area contributed by atoms with Gasteiger partial charge in [0.25, 0.3) is 0 Å². The van der Waals surface area contributed by atoms with Crippen molar-refractivity contribution >= 4 is 40.9 Å². The Morgan fingerprint density at radius 1 is 0.929 bits per heavy atom. The summed E-state index contributed by atoms with van der Waals surface area (Å²) in [5.41, 5.74) is 3.77. The molecule has 0 aliphatic rings. The lowest BCUT2D eigenvalue weighted by molar-refractivity contribution is -0.140. The van der Waals surface area contributed by atoms with Gasteiger partial charge in [0.1, 0.15) is 0 Å². The van der Waals surface area contributed by atoms with Crippen LogP contribution in [-0.4, -0.2) is 6.18 Å². The van der Waals surface area contributed by atoms with Gasteiger partial charge in [-0.3, -0.25) is 0 Å². The molecule has 0 bridgehead atoms. The van der Waals surface area contributed by atoms with E-state index in [-0.39, 0.29) is 38.3 Å². The molecule has 10 heteroatoms. The van der Waals surface area contributed by atoms with Crippen LogP contribution in [-0.2, 0) is 12.7 Å². The van der Waals surface area contributed by atoms with Crippen LogP contribution in [0.4, 0.5) is 26.3 Å². The van der Waals surface area contributed by atoms with E-state index in [2.05, 4.69) is 0 Å². The minimum Gasteiger partial charge on any atom is -0.326 e. The van der Waals surface area contributed by atoms with Crippen LogP contribution in [0.5, 0.6) is 0 Å². The molecular formula is C18H12Cl3F6N. The monoisotopic (exact) mass is 461 g/mol. The maximum Gasteiger partial charge on any atom is 0.416 e. The van der Waals surface area contributed by atoms with Gasteiger partial charge < -0.3 is 5.73 Å². The summed E-state index contributed by atoms with van der Waals surface area (Å²) >= 11 is 17.3. The van der Waals surface area contributed by atoms with Crippen LogP contribution in [0.1, 0.15) is 28.2 Å². The number of allylic oxidation sites excluding steroid dienone is 1. The van der Waals surface area contributed by atoms with E-state index in [9.17, 15) is 26.3 Å². The molecule has 0 heterocycles. The molecule has 1 nitrogen and oxygen atoms in total. The molecule has 2 aromatic carbocycles. The number of benzene rings is 2. The van der Waals surface area contributed by atoms with Crippen LogP contribution < -0.4 is 5.73 Å². The predicted octanol–water partition coefficient (Wildman–Crippen LogP) is 7.48. The predicted molar refractivity (Wildman–Crippen MR) is 98.6 cm³/mol. The Labute approximate surface area is 171 Å². The van der Waals surface area contributed by atoms with Crippen molar-refractivity contribution in [2.24, 2.45) is 5.73 Å². The van der Waals surface area contributed by atoms with Crippen LogP contribution in [0.2, 0.25) is 15.1 Å². The highest BCUT2D eigenvalue weighted by Gasteiger charge is 2.39. The summed E-state index contributed by atoms with van der Waals surface area (Å²) in [6, 6.07) is 5.14. The molecule has 0 aromatic heterocycles. The lowest BCUT2D eigenvalue weighted by Gasteiger charge is -2.18. The summed E-state index contributed by atoms with van der Waals surface area (Å²) < 4.78 is 79.8. The van der Waals surface area contributed by atoms with E-state index < -0.39 is 23.8 Å². The lowest BCUT2D eigenvalue weighted by atomic mass is 9.96. The third-order valence-corrected chi connectivity index (χ3v) is 5.06. The standard InChI is InChI=1S/C18H12Cl3F6N/c19-14-6-11(7-15(20)16(14)21)12(17(22,23)24)4-2-9-1-3-10(8-28)13(5-9)18(25,26)27/h1-7,12H,8,28H2/b4-2+. The first-order chi connectivity index (χ1) is 12.8. The van der Waals surface area contributed by atoms with E-state index in [1.807, 2.05) is 0 Å². The molecule has 0 fully saturated rings. The van der Waals surface area contributed by atoms with Gasteiger partial charge in [0.15, 0.2) is 0 Å². The summed E-state index contributed by atoms with van der Waals surface area (Å²) in [5, 5.41) is -0.430. The normalized spacial score (nSPS) is 13.9. The fraction of sp³-hybridized carbons (Fsp3) is 0.222. The van der Waals surface area contributed by atoms with Crippen molar-refractivity contribution in [1.82, 2.24) is 0 Å². The van der Waals surface area contributed by atoms with Crippen LogP contribution in [0, 0.1) is 0 Å². The largest absolute Gasteiger partial charge is 0.416 e. The van der Waals surface area contributed by atoms with Crippen LogP contribution >= 0.6 is 34.8 Å². The Bertz CT molecular complexity index is 867. The Morgan fingerprint density at radius 2 is 1.50 bits per heavy atom. The first-order valence-electron chi connectivity index (χ1n) is 7.64. The SMILES string of the molecule is NCc1ccc(/C=C/C(c2cc(Cl)c(Cl)c(Cl)c2)C(F)(F)F)cc1C(F)(F)F. The minimum atomic E-state index is -4.74.